The van der Waals surface area contributed by atoms with E-state index in [1.54, 1.807) is 23.7 Å². The third kappa shape index (κ3) is 5.54. The zero-order chi connectivity index (χ0) is 15.8. The van der Waals surface area contributed by atoms with Crippen LogP contribution in [0.1, 0.15) is 25.7 Å². The number of carbonyl (C=O) groups excluding carboxylic acids is 1. The van der Waals surface area contributed by atoms with Crippen molar-refractivity contribution in [2.75, 3.05) is 25.9 Å². The molecule has 0 radical (unpaired) electrons. The van der Waals surface area contributed by atoms with E-state index in [1.165, 1.54) is 4.90 Å². The van der Waals surface area contributed by atoms with Gasteiger partial charge in [-0.1, -0.05) is 31.0 Å². The lowest BCUT2D eigenvalue weighted by Gasteiger charge is -2.31. The monoisotopic (exact) mass is 322 g/mol. The summed E-state index contributed by atoms with van der Waals surface area (Å²) >= 11 is 1.74. The van der Waals surface area contributed by atoms with Crippen molar-refractivity contribution in [1.29, 1.82) is 0 Å². The molecule has 1 saturated carbocycles. The van der Waals surface area contributed by atoms with E-state index in [2.05, 4.69) is 17.4 Å². The van der Waals surface area contributed by atoms with Gasteiger partial charge in [0, 0.05) is 36.7 Å². The van der Waals surface area contributed by atoms with Crippen molar-refractivity contribution in [1.82, 2.24) is 10.2 Å². The molecule has 0 bridgehead atoms. The standard InChI is InChI=1S/C17H26N2O2S/c1-19(13-14-7-5-6-10-16(14)20)17(21)18-11-12-22-15-8-3-2-4-9-15/h2-4,8-9,14,16,20H,5-7,10-13H2,1H3,(H,18,21). The van der Waals surface area contributed by atoms with E-state index in [0.29, 0.717) is 13.1 Å². The zero-order valence-electron chi connectivity index (χ0n) is 13.2. The molecule has 0 heterocycles. The lowest BCUT2D eigenvalue weighted by Crippen LogP contribution is -2.43. The lowest BCUT2D eigenvalue weighted by atomic mass is 9.86. The fourth-order valence-electron chi connectivity index (χ4n) is 2.81. The van der Waals surface area contributed by atoms with Crippen LogP contribution in [0.25, 0.3) is 0 Å². The van der Waals surface area contributed by atoms with Crippen molar-refractivity contribution in [3.05, 3.63) is 30.3 Å². The van der Waals surface area contributed by atoms with Crippen molar-refractivity contribution >= 4 is 17.8 Å². The summed E-state index contributed by atoms with van der Waals surface area (Å²) in [5.41, 5.74) is 0. The van der Waals surface area contributed by atoms with Crippen molar-refractivity contribution < 1.29 is 9.90 Å². The number of nitrogens with one attached hydrogen (secondary N) is 1. The number of amides is 2. The summed E-state index contributed by atoms with van der Waals surface area (Å²) in [7, 11) is 1.81. The van der Waals surface area contributed by atoms with Gasteiger partial charge in [0.1, 0.15) is 0 Å². The van der Waals surface area contributed by atoms with Gasteiger partial charge in [-0.3, -0.25) is 0 Å². The quantitative estimate of drug-likeness (QED) is 0.625. The van der Waals surface area contributed by atoms with Crippen LogP contribution in [-0.2, 0) is 0 Å². The topological polar surface area (TPSA) is 52.6 Å². The minimum atomic E-state index is -0.252. The molecule has 122 valence electrons. The fraction of sp³-hybridized carbons (Fsp3) is 0.588. The molecule has 0 saturated heterocycles. The first-order valence-electron chi connectivity index (χ1n) is 8.01. The van der Waals surface area contributed by atoms with Gasteiger partial charge in [-0.2, -0.15) is 0 Å². The van der Waals surface area contributed by atoms with Gasteiger partial charge in [0.25, 0.3) is 0 Å². The van der Waals surface area contributed by atoms with Crippen LogP contribution in [0.15, 0.2) is 35.2 Å². The van der Waals surface area contributed by atoms with Crippen LogP contribution in [0, 0.1) is 5.92 Å². The van der Waals surface area contributed by atoms with Crippen LogP contribution in [0.4, 0.5) is 4.79 Å². The maximum Gasteiger partial charge on any atom is 0.317 e. The van der Waals surface area contributed by atoms with Crippen molar-refractivity contribution in [2.45, 2.75) is 36.7 Å². The Balaban J connectivity index is 1.63. The van der Waals surface area contributed by atoms with Crippen LogP contribution in [-0.4, -0.2) is 48.0 Å². The molecular weight excluding hydrogens is 296 g/mol. The number of nitrogens with zero attached hydrogens (tertiary/aromatic N) is 1. The van der Waals surface area contributed by atoms with Crippen LogP contribution in [0.2, 0.25) is 0 Å². The molecule has 2 unspecified atom stereocenters. The second-order valence-corrected chi connectivity index (χ2v) is 7.05. The van der Waals surface area contributed by atoms with Gasteiger partial charge in [-0.15, -0.1) is 11.8 Å². The van der Waals surface area contributed by atoms with Crippen molar-refractivity contribution in [2.24, 2.45) is 5.92 Å². The Kier molecular flexibility index (Phi) is 7.06. The highest BCUT2D eigenvalue weighted by Gasteiger charge is 2.25. The normalized spacial score (nSPS) is 21.4. The van der Waals surface area contributed by atoms with Crippen LogP contribution >= 0.6 is 11.8 Å². The molecule has 0 spiro atoms. The van der Waals surface area contributed by atoms with Crippen LogP contribution in [0.5, 0.6) is 0 Å². The summed E-state index contributed by atoms with van der Waals surface area (Å²) in [6, 6.07) is 10.1. The number of aliphatic hydroxyl groups excluding tert-OH is 1. The van der Waals surface area contributed by atoms with E-state index in [-0.39, 0.29) is 18.1 Å². The third-order valence-corrected chi connectivity index (χ3v) is 5.13. The predicted molar refractivity (Wildman–Crippen MR) is 91.2 cm³/mol. The molecule has 5 heteroatoms. The number of rotatable bonds is 6. The van der Waals surface area contributed by atoms with Crippen LogP contribution < -0.4 is 5.32 Å². The molecule has 2 amide bonds. The molecule has 0 aromatic heterocycles. The molecule has 1 aromatic rings. The lowest BCUT2D eigenvalue weighted by molar-refractivity contribution is 0.0565. The minimum absolute atomic E-state index is 0.0496. The Labute approximate surface area is 137 Å². The largest absolute Gasteiger partial charge is 0.393 e. The number of aliphatic hydroxyl groups is 1. The van der Waals surface area contributed by atoms with Crippen LogP contribution in [0.3, 0.4) is 0 Å². The smallest absolute Gasteiger partial charge is 0.317 e. The number of carbonyl (C=O) groups is 1. The number of thioether (sulfide) groups is 1. The van der Waals surface area contributed by atoms with Gasteiger partial charge in [0.05, 0.1) is 6.10 Å². The molecule has 2 N–H and O–H groups in total. The molecule has 1 aliphatic carbocycles. The highest BCUT2D eigenvalue weighted by molar-refractivity contribution is 7.99. The molecule has 2 rings (SSSR count). The number of benzene rings is 1. The average Bonchev–Trinajstić information content (AvgIpc) is 2.54. The van der Waals surface area contributed by atoms with Gasteiger partial charge in [0.15, 0.2) is 0 Å². The third-order valence-electron chi connectivity index (χ3n) is 4.11. The summed E-state index contributed by atoms with van der Waals surface area (Å²) in [6.07, 6.45) is 3.89. The number of hydrogen-bond acceptors (Lipinski definition) is 3. The molecule has 1 aliphatic rings. The maximum atomic E-state index is 12.1. The van der Waals surface area contributed by atoms with E-state index < -0.39 is 0 Å². The first-order valence-corrected chi connectivity index (χ1v) is 9.00. The SMILES string of the molecule is CN(CC1CCCCC1O)C(=O)NCCSc1ccccc1. The van der Waals surface area contributed by atoms with Gasteiger partial charge in [-0.05, 0) is 25.0 Å². The Morgan fingerprint density at radius 3 is 2.77 bits per heavy atom. The number of hydrogen-bond donors (Lipinski definition) is 2. The fourth-order valence-corrected chi connectivity index (χ4v) is 3.60. The number of urea groups is 1. The summed E-state index contributed by atoms with van der Waals surface area (Å²) in [5, 5.41) is 12.9. The van der Waals surface area contributed by atoms with E-state index in [1.807, 2.05) is 18.2 Å². The highest BCUT2D eigenvalue weighted by atomic mass is 32.2. The Bertz CT molecular complexity index is 455. The summed E-state index contributed by atoms with van der Waals surface area (Å²) in [6.45, 7) is 1.29. The van der Waals surface area contributed by atoms with E-state index in [0.717, 1.165) is 31.4 Å². The molecule has 1 fully saturated rings. The first kappa shape index (κ1) is 17.2. The predicted octanol–water partition coefficient (Wildman–Crippen LogP) is 2.97. The van der Waals surface area contributed by atoms with Crippen molar-refractivity contribution in [3.63, 3.8) is 0 Å². The first-order chi connectivity index (χ1) is 10.7. The van der Waals surface area contributed by atoms with E-state index in [9.17, 15) is 9.90 Å². The Hall–Kier alpha value is -1.20. The van der Waals surface area contributed by atoms with Gasteiger partial charge < -0.3 is 15.3 Å². The summed E-state index contributed by atoms with van der Waals surface area (Å²) < 4.78 is 0. The molecule has 0 aliphatic heterocycles. The zero-order valence-corrected chi connectivity index (χ0v) is 14.0. The van der Waals surface area contributed by atoms with Gasteiger partial charge in [0.2, 0.25) is 0 Å². The van der Waals surface area contributed by atoms with E-state index in [4.69, 9.17) is 0 Å². The molecule has 2 atom stereocenters. The minimum Gasteiger partial charge on any atom is -0.393 e. The maximum absolute atomic E-state index is 12.1. The van der Waals surface area contributed by atoms with Gasteiger partial charge in [-0.25, -0.2) is 4.79 Å². The summed E-state index contributed by atoms with van der Waals surface area (Å²) in [4.78, 5) is 15.0. The highest BCUT2D eigenvalue weighted by Crippen LogP contribution is 2.24. The Morgan fingerprint density at radius 2 is 2.05 bits per heavy atom. The molecule has 4 nitrogen and oxygen atoms in total. The average molecular weight is 322 g/mol. The molecule has 1 aromatic carbocycles. The second kappa shape index (κ2) is 9.06. The second-order valence-electron chi connectivity index (χ2n) is 5.89. The molecular formula is C17H26N2O2S. The van der Waals surface area contributed by atoms with Gasteiger partial charge >= 0.3 is 6.03 Å². The Morgan fingerprint density at radius 1 is 1.32 bits per heavy atom. The van der Waals surface area contributed by atoms with E-state index >= 15 is 0 Å². The van der Waals surface area contributed by atoms with Crippen molar-refractivity contribution in [3.8, 4) is 0 Å². The summed E-state index contributed by atoms with van der Waals surface area (Å²) in [5.74, 6) is 1.08. The molecule has 22 heavy (non-hydrogen) atoms.